The summed E-state index contributed by atoms with van der Waals surface area (Å²) in [5.41, 5.74) is 3.18. The minimum absolute atomic E-state index is 0.0323. The Balaban J connectivity index is 1.85. The maximum absolute atomic E-state index is 11.9. The van der Waals surface area contributed by atoms with E-state index in [1.165, 1.54) is 6.21 Å². The highest BCUT2D eigenvalue weighted by Gasteiger charge is 2.10. The number of hydrogen-bond acceptors (Lipinski definition) is 7. The molecule has 2 amide bonds. The highest BCUT2D eigenvalue weighted by atomic mass is 32.1. The van der Waals surface area contributed by atoms with Gasteiger partial charge >= 0.3 is 0 Å². The minimum Gasteiger partial charge on any atom is -0.496 e. The third-order valence-corrected chi connectivity index (χ3v) is 3.87. The van der Waals surface area contributed by atoms with E-state index < -0.39 is 0 Å². The largest absolute Gasteiger partial charge is 0.496 e. The van der Waals surface area contributed by atoms with Gasteiger partial charge in [0.1, 0.15) is 10.8 Å². The van der Waals surface area contributed by atoms with Gasteiger partial charge in [-0.15, -0.1) is 10.2 Å². The van der Waals surface area contributed by atoms with Crippen LogP contribution in [-0.2, 0) is 16.0 Å². The molecule has 2 rings (SSSR count). The second-order valence-electron chi connectivity index (χ2n) is 5.01. The van der Waals surface area contributed by atoms with Crippen LogP contribution in [0, 0.1) is 0 Å². The lowest BCUT2D eigenvalue weighted by atomic mass is 10.2. The topological polar surface area (TPSA) is 106 Å². The van der Waals surface area contributed by atoms with Gasteiger partial charge in [0.05, 0.1) is 19.7 Å². The summed E-state index contributed by atoms with van der Waals surface area (Å²) in [6.45, 7) is 1.92. The fourth-order valence-corrected chi connectivity index (χ4v) is 2.66. The minimum atomic E-state index is -0.325. The summed E-state index contributed by atoms with van der Waals surface area (Å²) in [4.78, 5) is 23.4. The predicted octanol–water partition coefficient (Wildman–Crippen LogP) is 1.98. The Labute approximate surface area is 149 Å². The van der Waals surface area contributed by atoms with Crippen LogP contribution in [0.25, 0.3) is 0 Å². The van der Waals surface area contributed by atoms with Gasteiger partial charge < -0.3 is 10.1 Å². The van der Waals surface area contributed by atoms with Crippen molar-refractivity contribution in [1.82, 2.24) is 15.6 Å². The van der Waals surface area contributed by atoms with Crippen LogP contribution in [0.5, 0.6) is 5.75 Å². The number of carbonyl (C=O) groups is 2. The van der Waals surface area contributed by atoms with E-state index in [1.807, 2.05) is 25.1 Å². The lowest BCUT2D eigenvalue weighted by Crippen LogP contribution is -2.19. The molecule has 0 atom stereocenters. The third kappa shape index (κ3) is 5.96. The van der Waals surface area contributed by atoms with E-state index in [9.17, 15) is 9.59 Å². The van der Waals surface area contributed by atoms with Crippen molar-refractivity contribution in [3.05, 3.63) is 34.8 Å². The Kier molecular flexibility index (Phi) is 7.02. The molecule has 1 heterocycles. The summed E-state index contributed by atoms with van der Waals surface area (Å²) >= 11 is 1.16. The molecule has 132 valence electrons. The lowest BCUT2D eigenvalue weighted by Gasteiger charge is -2.02. The van der Waals surface area contributed by atoms with Crippen LogP contribution in [0.15, 0.2) is 29.4 Å². The monoisotopic (exact) mass is 361 g/mol. The van der Waals surface area contributed by atoms with E-state index in [2.05, 4.69) is 26.0 Å². The van der Waals surface area contributed by atoms with Crippen LogP contribution in [0.1, 0.15) is 30.3 Å². The van der Waals surface area contributed by atoms with Gasteiger partial charge in [-0.1, -0.05) is 30.4 Å². The van der Waals surface area contributed by atoms with E-state index in [0.717, 1.165) is 23.3 Å². The molecule has 0 aliphatic carbocycles. The molecule has 0 fully saturated rings. The molecule has 1 aromatic carbocycles. The Bertz CT molecular complexity index is 760. The summed E-state index contributed by atoms with van der Waals surface area (Å²) in [5, 5.41) is 15.2. The number of methoxy groups -OCH3 is 1. The normalized spacial score (nSPS) is 10.6. The Hall–Kier alpha value is -2.81. The molecule has 0 aliphatic heterocycles. The molecule has 0 saturated heterocycles. The standard InChI is InChI=1S/C16H19N5O3S/c1-3-6-13(22)18-16-21-20-15(25-16)9-14(23)19-17-10-11-7-4-5-8-12(11)24-2/h4-5,7-8,10H,3,6,9H2,1-2H3,(H,19,23)(H,18,21,22). The molecule has 25 heavy (non-hydrogen) atoms. The van der Waals surface area contributed by atoms with Crippen LogP contribution in [0.3, 0.4) is 0 Å². The van der Waals surface area contributed by atoms with E-state index in [4.69, 9.17) is 4.74 Å². The van der Waals surface area contributed by atoms with Crippen molar-refractivity contribution >= 4 is 34.5 Å². The number of ether oxygens (including phenoxy) is 1. The quantitative estimate of drug-likeness (QED) is 0.552. The predicted molar refractivity (Wildman–Crippen MR) is 95.9 cm³/mol. The first-order chi connectivity index (χ1) is 12.1. The maximum Gasteiger partial charge on any atom is 0.247 e. The molecule has 0 saturated carbocycles. The molecular weight excluding hydrogens is 342 g/mol. The second-order valence-corrected chi connectivity index (χ2v) is 6.07. The molecule has 0 radical (unpaired) electrons. The molecular formula is C16H19N5O3S. The number of anilines is 1. The van der Waals surface area contributed by atoms with Crippen molar-refractivity contribution in [1.29, 1.82) is 0 Å². The molecule has 0 bridgehead atoms. The molecule has 1 aromatic heterocycles. The zero-order valence-corrected chi connectivity index (χ0v) is 14.8. The van der Waals surface area contributed by atoms with Gasteiger partial charge in [-0.25, -0.2) is 5.43 Å². The average molecular weight is 361 g/mol. The number of nitrogens with zero attached hydrogens (tertiary/aromatic N) is 3. The number of hydrogen-bond donors (Lipinski definition) is 2. The van der Waals surface area contributed by atoms with Crippen molar-refractivity contribution in [2.75, 3.05) is 12.4 Å². The third-order valence-electron chi connectivity index (χ3n) is 3.03. The van der Waals surface area contributed by atoms with Gasteiger partial charge in [-0.2, -0.15) is 5.10 Å². The van der Waals surface area contributed by atoms with Crippen LogP contribution >= 0.6 is 11.3 Å². The highest BCUT2D eigenvalue weighted by Crippen LogP contribution is 2.16. The van der Waals surface area contributed by atoms with Crippen LogP contribution < -0.4 is 15.5 Å². The number of rotatable bonds is 8. The van der Waals surface area contributed by atoms with Gasteiger partial charge in [0.25, 0.3) is 0 Å². The molecule has 8 nitrogen and oxygen atoms in total. The first-order valence-corrected chi connectivity index (χ1v) is 8.51. The number of carbonyl (C=O) groups excluding carboxylic acids is 2. The Morgan fingerprint density at radius 1 is 1.28 bits per heavy atom. The molecule has 0 aliphatic rings. The molecule has 0 spiro atoms. The number of nitrogens with one attached hydrogen (secondary N) is 2. The number of hydrazone groups is 1. The molecule has 2 N–H and O–H groups in total. The second kappa shape index (κ2) is 9.48. The summed E-state index contributed by atoms with van der Waals surface area (Å²) in [6.07, 6.45) is 2.72. The van der Waals surface area contributed by atoms with Crippen molar-refractivity contribution in [2.45, 2.75) is 26.2 Å². The van der Waals surface area contributed by atoms with Crippen LogP contribution in [0.2, 0.25) is 0 Å². The van der Waals surface area contributed by atoms with Crippen molar-refractivity contribution in [2.24, 2.45) is 5.10 Å². The molecule has 2 aromatic rings. The lowest BCUT2D eigenvalue weighted by molar-refractivity contribution is -0.120. The van der Waals surface area contributed by atoms with Gasteiger partial charge in [0, 0.05) is 12.0 Å². The maximum atomic E-state index is 11.9. The van der Waals surface area contributed by atoms with Gasteiger partial charge in [-0.3, -0.25) is 9.59 Å². The van der Waals surface area contributed by atoms with E-state index in [1.54, 1.807) is 13.2 Å². The number of benzene rings is 1. The van der Waals surface area contributed by atoms with Crippen molar-refractivity contribution in [3.63, 3.8) is 0 Å². The SMILES string of the molecule is CCCC(=O)Nc1nnc(CC(=O)NN=Cc2ccccc2OC)s1. The van der Waals surface area contributed by atoms with Crippen molar-refractivity contribution < 1.29 is 14.3 Å². The van der Waals surface area contributed by atoms with Gasteiger partial charge in [-0.05, 0) is 18.6 Å². The fourth-order valence-electron chi connectivity index (χ4n) is 1.91. The van der Waals surface area contributed by atoms with E-state index >= 15 is 0 Å². The summed E-state index contributed by atoms with van der Waals surface area (Å²) < 4.78 is 5.20. The Morgan fingerprint density at radius 2 is 2.08 bits per heavy atom. The number of amides is 2. The van der Waals surface area contributed by atoms with Gasteiger partial charge in [0.2, 0.25) is 16.9 Å². The highest BCUT2D eigenvalue weighted by molar-refractivity contribution is 7.15. The van der Waals surface area contributed by atoms with E-state index in [-0.39, 0.29) is 18.2 Å². The Morgan fingerprint density at radius 3 is 2.84 bits per heavy atom. The number of para-hydroxylation sites is 1. The summed E-state index contributed by atoms with van der Waals surface area (Å²) in [7, 11) is 1.57. The zero-order chi connectivity index (χ0) is 18.1. The molecule has 9 heteroatoms. The zero-order valence-electron chi connectivity index (χ0n) is 14.0. The first kappa shape index (κ1) is 18.5. The smallest absolute Gasteiger partial charge is 0.247 e. The summed E-state index contributed by atoms with van der Waals surface area (Å²) in [5.74, 6) is 0.224. The molecule has 0 unspecified atom stereocenters. The van der Waals surface area contributed by atoms with Crippen molar-refractivity contribution in [3.8, 4) is 5.75 Å². The first-order valence-electron chi connectivity index (χ1n) is 7.69. The van der Waals surface area contributed by atoms with Crippen LogP contribution in [0.4, 0.5) is 5.13 Å². The van der Waals surface area contributed by atoms with Crippen LogP contribution in [-0.4, -0.2) is 35.3 Å². The van der Waals surface area contributed by atoms with Gasteiger partial charge in [0.15, 0.2) is 0 Å². The summed E-state index contributed by atoms with van der Waals surface area (Å²) in [6, 6.07) is 7.33. The number of aromatic nitrogens is 2. The van der Waals surface area contributed by atoms with E-state index in [0.29, 0.717) is 22.3 Å². The average Bonchev–Trinajstić information content (AvgIpc) is 3.02. The fraction of sp³-hybridized carbons (Fsp3) is 0.312.